The van der Waals surface area contributed by atoms with Crippen molar-refractivity contribution in [3.05, 3.63) is 63.9 Å². The molecular weight excluding hydrogens is 267 g/mol. The third-order valence-corrected chi connectivity index (χ3v) is 3.53. The van der Waals surface area contributed by atoms with Crippen LogP contribution in [0.15, 0.2) is 42.6 Å². The van der Waals surface area contributed by atoms with Gasteiger partial charge in [-0.1, -0.05) is 35.3 Å². The zero-order valence-corrected chi connectivity index (χ0v) is 11.3. The highest BCUT2D eigenvalue weighted by Gasteiger charge is 2.17. The van der Waals surface area contributed by atoms with Crippen LogP contribution in [-0.4, -0.2) is 11.5 Å². The van der Waals surface area contributed by atoms with Crippen molar-refractivity contribution in [1.82, 2.24) is 4.98 Å². The van der Waals surface area contributed by atoms with Crippen LogP contribution in [0.5, 0.6) is 0 Å². The molecule has 0 aliphatic heterocycles. The molecule has 0 radical (unpaired) electrons. The number of hydrogen-bond donors (Lipinski definition) is 1. The minimum Gasteiger partial charge on any atom is -0.330 e. The zero-order chi connectivity index (χ0) is 13.0. The lowest BCUT2D eigenvalue weighted by molar-refractivity contribution is 0.682. The van der Waals surface area contributed by atoms with Crippen molar-refractivity contribution in [1.29, 1.82) is 0 Å². The molecule has 1 heterocycles. The Kier molecular flexibility index (Phi) is 4.59. The summed E-state index contributed by atoms with van der Waals surface area (Å²) in [5, 5.41) is 1.32. The zero-order valence-electron chi connectivity index (χ0n) is 9.81. The minimum atomic E-state index is 0.0844. The monoisotopic (exact) mass is 280 g/mol. The van der Waals surface area contributed by atoms with Crippen LogP contribution in [0.3, 0.4) is 0 Å². The van der Waals surface area contributed by atoms with Crippen molar-refractivity contribution in [2.45, 2.75) is 12.3 Å². The first-order valence-electron chi connectivity index (χ1n) is 5.76. The lowest BCUT2D eigenvalue weighted by Crippen LogP contribution is -2.16. The predicted molar refractivity (Wildman–Crippen MR) is 76.2 cm³/mol. The Hall–Kier alpha value is -1.09. The van der Waals surface area contributed by atoms with Gasteiger partial charge < -0.3 is 5.73 Å². The summed E-state index contributed by atoms with van der Waals surface area (Å²) in [7, 11) is 0. The Morgan fingerprint density at radius 2 is 1.78 bits per heavy atom. The van der Waals surface area contributed by atoms with Gasteiger partial charge in [0.25, 0.3) is 0 Å². The van der Waals surface area contributed by atoms with Gasteiger partial charge in [0, 0.05) is 27.9 Å². The van der Waals surface area contributed by atoms with E-state index in [-0.39, 0.29) is 5.92 Å². The lowest BCUT2D eigenvalue weighted by atomic mass is 9.94. The summed E-state index contributed by atoms with van der Waals surface area (Å²) in [5.74, 6) is 0.0844. The first-order chi connectivity index (χ1) is 8.72. The molecule has 2 N–H and O–H groups in total. The number of nitrogens with two attached hydrogens (primary N) is 1. The van der Waals surface area contributed by atoms with Crippen molar-refractivity contribution in [3.8, 4) is 0 Å². The fraction of sp³-hybridized carbons (Fsp3) is 0.214. The van der Waals surface area contributed by atoms with Gasteiger partial charge in [-0.2, -0.15) is 0 Å². The fourth-order valence-electron chi connectivity index (χ4n) is 1.98. The topological polar surface area (TPSA) is 38.9 Å². The minimum absolute atomic E-state index is 0.0844. The standard InChI is InChI=1S/C14H14Cl2N2/c15-12-5-3-6-13(16)14(12)10(9-17)8-11-4-1-2-7-18-11/h1-7,10H,8-9,17H2. The molecule has 0 saturated carbocycles. The molecule has 94 valence electrons. The van der Waals surface area contributed by atoms with Gasteiger partial charge in [-0.05, 0) is 42.8 Å². The molecule has 0 amide bonds. The SMILES string of the molecule is NCC(Cc1ccccn1)c1c(Cl)cccc1Cl. The number of aromatic nitrogens is 1. The van der Waals surface area contributed by atoms with E-state index in [0.29, 0.717) is 16.6 Å². The summed E-state index contributed by atoms with van der Waals surface area (Å²) in [6.07, 6.45) is 2.51. The summed E-state index contributed by atoms with van der Waals surface area (Å²) >= 11 is 12.4. The Morgan fingerprint density at radius 1 is 1.06 bits per heavy atom. The van der Waals surface area contributed by atoms with Crippen molar-refractivity contribution in [3.63, 3.8) is 0 Å². The first-order valence-corrected chi connectivity index (χ1v) is 6.52. The highest BCUT2D eigenvalue weighted by Crippen LogP contribution is 2.32. The van der Waals surface area contributed by atoms with Crippen LogP contribution >= 0.6 is 23.2 Å². The van der Waals surface area contributed by atoms with Crippen molar-refractivity contribution in [2.24, 2.45) is 5.73 Å². The van der Waals surface area contributed by atoms with Crippen LogP contribution in [0.4, 0.5) is 0 Å². The fourth-order valence-corrected chi connectivity index (χ4v) is 2.68. The highest BCUT2D eigenvalue weighted by atomic mass is 35.5. The average molecular weight is 281 g/mol. The molecule has 4 heteroatoms. The van der Waals surface area contributed by atoms with Crippen LogP contribution in [0.2, 0.25) is 10.0 Å². The maximum absolute atomic E-state index is 6.21. The molecule has 0 aliphatic rings. The average Bonchev–Trinajstić information content (AvgIpc) is 2.38. The molecule has 1 atom stereocenters. The van der Waals surface area contributed by atoms with E-state index in [9.17, 15) is 0 Å². The molecule has 2 nitrogen and oxygen atoms in total. The first kappa shape index (κ1) is 13.3. The van der Waals surface area contributed by atoms with E-state index >= 15 is 0 Å². The largest absolute Gasteiger partial charge is 0.330 e. The van der Waals surface area contributed by atoms with Crippen molar-refractivity contribution < 1.29 is 0 Å². The van der Waals surface area contributed by atoms with E-state index in [0.717, 1.165) is 17.7 Å². The second-order valence-electron chi connectivity index (χ2n) is 4.09. The lowest BCUT2D eigenvalue weighted by Gasteiger charge is -2.17. The maximum atomic E-state index is 6.21. The highest BCUT2D eigenvalue weighted by molar-refractivity contribution is 6.36. The summed E-state index contributed by atoms with van der Waals surface area (Å²) < 4.78 is 0. The molecule has 0 fully saturated rings. The predicted octanol–water partition coefficient (Wildman–Crippen LogP) is 3.67. The van der Waals surface area contributed by atoms with E-state index in [4.69, 9.17) is 28.9 Å². The molecule has 2 aromatic rings. The molecule has 0 spiro atoms. The van der Waals surface area contributed by atoms with Gasteiger partial charge >= 0.3 is 0 Å². The molecule has 2 rings (SSSR count). The van der Waals surface area contributed by atoms with Crippen molar-refractivity contribution in [2.75, 3.05) is 6.54 Å². The van der Waals surface area contributed by atoms with E-state index < -0.39 is 0 Å². The smallest absolute Gasteiger partial charge is 0.0456 e. The molecular formula is C14H14Cl2N2. The van der Waals surface area contributed by atoms with E-state index in [1.54, 1.807) is 6.20 Å². The molecule has 0 saturated heterocycles. The van der Waals surface area contributed by atoms with E-state index in [2.05, 4.69) is 4.98 Å². The molecule has 0 bridgehead atoms. The summed E-state index contributed by atoms with van der Waals surface area (Å²) in [4.78, 5) is 4.31. The van der Waals surface area contributed by atoms with Gasteiger partial charge in [-0.3, -0.25) is 4.98 Å². The summed E-state index contributed by atoms with van der Waals surface area (Å²) in [6, 6.07) is 11.3. The molecule has 18 heavy (non-hydrogen) atoms. The molecule has 1 aromatic heterocycles. The summed E-state index contributed by atoms with van der Waals surface area (Å²) in [6.45, 7) is 0.486. The molecule has 1 aromatic carbocycles. The van der Waals surface area contributed by atoms with E-state index in [1.807, 2.05) is 36.4 Å². The Labute approximate surface area is 117 Å². The van der Waals surface area contributed by atoms with Gasteiger partial charge in [-0.15, -0.1) is 0 Å². The third-order valence-electron chi connectivity index (χ3n) is 2.87. The second-order valence-corrected chi connectivity index (χ2v) is 4.91. The Balaban J connectivity index is 2.29. The Bertz CT molecular complexity index is 494. The van der Waals surface area contributed by atoms with Crippen LogP contribution in [0.25, 0.3) is 0 Å². The number of hydrogen-bond acceptors (Lipinski definition) is 2. The van der Waals surface area contributed by atoms with Gasteiger partial charge in [-0.25, -0.2) is 0 Å². The number of rotatable bonds is 4. The second kappa shape index (κ2) is 6.19. The van der Waals surface area contributed by atoms with Gasteiger partial charge in [0.15, 0.2) is 0 Å². The Morgan fingerprint density at radius 3 is 2.33 bits per heavy atom. The number of halogens is 2. The van der Waals surface area contributed by atoms with Crippen LogP contribution in [0, 0.1) is 0 Å². The number of pyridine rings is 1. The van der Waals surface area contributed by atoms with Crippen LogP contribution in [0.1, 0.15) is 17.2 Å². The van der Waals surface area contributed by atoms with Gasteiger partial charge in [0.2, 0.25) is 0 Å². The molecule has 1 unspecified atom stereocenters. The number of benzene rings is 1. The normalized spacial score (nSPS) is 12.4. The van der Waals surface area contributed by atoms with E-state index in [1.165, 1.54) is 0 Å². The molecule has 0 aliphatic carbocycles. The van der Waals surface area contributed by atoms with Gasteiger partial charge in [0.05, 0.1) is 0 Å². The quantitative estimate of drug-likeness (QED) is 0.928. The third kappa shape index (κ3) is 3.02. The number of nitrogens with zero attached hydrogens (tertiary/aromatic N) is 1. The van der Waals surface area contributed by atoms with Crippen molar-refractivity contribution >= 4 is 23.2 Å². The summed E-state index contributed by atoms with van der Waals surface area (Å²) in [5.41, 5.74) is 7.75. The van der Waals surface area contributed by atoms with Gasteiger partial charge in [0.1, 0.15) is 0 Å². The van der Waals surface area contributed by atoms with Crippen LogP contribution in [-0.2, 0) is 6.42 Å². The van der Waals surface area contributed by atoms with Crippen LogP contribution < -0.4 is 5.73 Å². The maximum Gasteiger partial charge on any atom is 0.0456 e.